The number of rotatable bonds is 1. The molecular formula is C11H14N2O2. The predicted molar refractivity (Wildman–Crippen MR) is 58.6 cm³/mol. The second kappa shape index (κ2) is 5.66. The topological polar surface area (TPSA) is 87.1 Å². The Hall–Kier alpha value is -2.02. The molecule has 0 fully saturated rings. The average Bonchev–Trinajstić information content (AvgIpc) is 2.24. The van der Waals surface area contributed by atoms with Gasteiger partial charge in [0.05, 0.1) is 17.2 Å². The summed E-state index contributed by atoms with van der Waals surface area (Å²) in [6.45, 7) is 5.67. The zero-order valence-corrected chi connectivity index (χ0v) is 9.03. The first-order valence-electron chi connectivity index (χ1n) is 4.59. The third-order valence-electron chi connectivity index (χ3n) is 1.75. The molecule has 0 aliphatic rings. The Balaban J connectivity index is 0.000000921. The fourth-order valence-corrected chi connectivity index (χ4v) is 1.04. The first kappa shape index (κ1) is 13.0. The van der Waals surface area contributed by atoms with Crippen LogP contribution in [0.5, 0.6) is 0 Å². The fraction of sp³-hybridized carbons (Fsp3) is 0.273. The van der Waals surface area contributed by atoms with Gasteiger partial charge in [-0.25, -0.2) is 4.79 Å². The van der Waals surface area contributed by atoms with Crippen LogP contribution in [0.25, 0.3) is 0 Å². The molecule has 80 valence electrons. The van der Waals surface area contributed by atoms with Gasteiger partial charge in [-0.1, -0.05) is 13.8 Å². The quantitative estimate of drug-likeness (QED) is 0.689. The summed E-state index contributed by atoms with van der Waals surface area (Å²) in [5.74, 6) is -1.11. The number of benzene rings is 1. The molecule has 0 saturated carbocycles. The standard InChI is InChI=1S/C9H8N2O2.C2H6/c1-5-2-6(4-10)3-7(8(5)11)9(12)13;1-2/h2-3H,11H2,1H3,(H,12,13);1-2H3. The van der Waals surface area contributed by atoms with E-state index < -0.39 is 5.97 Å². The molecule has 4 nitrogen and oxygen atoms in total. The highest BCUT2D eigenvalue weighted by molar-refractivity contribution is 5.94. The SMILES string of the molecule is CC.Cc1cc(C#N)cc(C(=O)O)c1N. The van der Waals surface area contributed by atoms with Gasteiger partial charge in [0.25, 0.3) is 0 Å². The molecule has 0 saturated heterocycles. The Morgan fingerprint density at radius 1 is 1.47 bits per heavy atom. The van der Waals surface area contributed by atoms with Gasteiger partial charge in [-0.15, -0.1) is 0 Å². The summed E-state index contributed by atoms with van der Waals surface area (Å²) >= 11 is 0. The third-order valence-corrected chi connectivity index (χ3v) is 1.75. The number of nitrogen functional groups attached to an aromatic ring is 1. The van der Waals surface area contributed by atoms with E-state index >= 15 is 0 Å². The number of nitriles is 1. The van der Waals surface area contributed by atoms with Crippen molar-refractivity contribution in [3.05, 3.63) is 28.8 Å². The maximum Gasteiger partial charge on any atom is 0.337 e. The second-order valence-electron chi connectivity index (χ2n) is 2.67. The zero-order chi connectivity index (χ0) is 12.0. The number of anilines is 1. The van der Waals surface area contributed by atoms with Crippen LogP contribution in [-0.4, -0.2) is 11.1 Å². The molecule has 0 heterocycles. The second-order valence-corrected chi connectivity index (χ2v) is 2.67. The van der Waals surface area contributed by atoms with Gasteiger partial charge in [0.2, 0.25) is 0 Å². The van der Waals surface area contributed by atoms with Crippen LogP contribution in [0.2, 0.25) is 0 Å². The lowest BCUT2D eigenvalue weighted by Crippen LogP contribution is -2.04. The van der Waals surface area contributed by atoms with E-state index in [2.05, 4.69) is 0 Å². The minimum atomic E-state index is -1.11. The number of hydrogen-bond acceptors (Lipinski definition) is 3. The summed E-state index contributed by atoms with van der Waals surface area (Å²) < 4.78 is 0. The van der Waals surface area contributed by atoms with Crippen molar-refractivity contribution in [2.45, 2.75) is 20.8 Å². The lowest BCUT2D eigenvalue weighted by molar-refractivity contribution is 0.0698. The van der Waals surface area contributed by atoms with Crippen LogP contribution in [0.4, 0.5) is 5.69 Å². The van der Waals surface area contributed by atoms with Crippen molar-refractivity contribution in [2.75, 3.05) is 5.73 Å². The normalized spacial score (nSPS) is 8.40. The number of carboxylic acids is 1. The van der Waals surface area contributed by atoms with Crippen LogP contribution in [0.1, 0.15) is 35.3 Å². The molecule has 0 atom stereocenters. The number of aryl methyl sites for hydroxylation is 1. The van der Waals surface area contributed by atoms with E-state index in [1.807, 2.05) is 19.9 Å². The largest absolute Gasteiger partial charge is 0.478 e. The van der Waals surface area contributed by atoms with E-state index in [1.165, 1.54) is 6.07 Å². The molecule has 0 unspecified atom stereocenters. The van der Waals surface area contributed by atoms with Crippen molar-refractivity contribution in [3.8, 4) is 6.07 Å². The van der Waals surface area contributed by atoms with Crippen LogP contribution < -0.4 is 5.73 Å². The van der Waals surface area contributed by atoms with Gasteiger partial charge in [-0.3, -0.25) is 0 Å². The summed E-state index contributed by atoms with van der Waals surface area (Å²) in [6, 6.07) is 4.70. The number of carboxylic acid groups (broad SMARTS) is 1. The molecular weight excluding hydrogens is 192 g/mol. The zero-order valence-electron chi connectivity index (χ0n) is 9.03. The Kier molecular flexibility index (Phi) is 4.89. The molecule has 0 radical (unpaired) electrons. The molecule has 4 heteroatoms. The van der Waals surface area contributed by atoms with Crippen molar-refractivity contribution in [1.29, 1.82) is 5.26 Å². The summed E-state index contributed by atoms with van der Waals surface area (Å²) in [7, 11) is 0. The fourth-order valence-electron chi connectivity index (χ4n) is 1.04. The minimum absolute atomic E-state index is 0.0171. The van der Waals surface area contributed by atoms with Crippen molar-refractivity contribution in [2.24, 2.45) is 0 Å². The summed E-state index contributed by atoms with van der Waals surface area (Å²) in [5.41, 5.74) is 6.63. The van der Waals surface area contributed by atoms with Crippen LogP contribution >= 0.6 is 0 Å². The van der Waals surface area contributed by atoms with Gasteiger partial charge in [-0.2, -0.15) is 5.26 Å². The van der Waals surface area contributed by atoms with Crippen molar-refractivity contribution < 1.29 is 9.90 Å². The highest BCUT2D eigenvalue weighted by Crippen LogP contribution is 2.18. The first-order chi connectivity index (χ1) is 7.06. The first-order valence-corrected chi connectivity index (χ1v) is 4.59. The van der Waals surface area contributed by atoms with Crippen molar-refractivity contribution >= 4 is 11.7 Å². The van der Waals surface area contributed by atoms with E-state index in [1.54, 1.807) is 13.0 Å². The van der Waals surface area contributed by atoms with E-state index in [4.69, 9.17) is 16.1 Å². The molecule has 3 N–H and O–H groups in total. The van der Waals surface area contributed by atoms with Crippen LogP contribution in [0, 0.1) is 18.3 Å². The van der Waals surface area contributed by atoms with Crippen LogP contribution in [0.3, 0.4) is 0 Å². The molecule has 1 aromatic carbocycles. The monoisotopic (exact) mass is 206 g/mol. The smallest absolute Gasteiger partial charge is 0.337 e. The molecule has 0 spiro atoms. The van der Waals surface area contributed by atoms with Gasteiger partial charge in [0, 0.05) is 5.69 Å². The maximum atomic E-state index is 10.7. The predicted octanol–water partition coefficient (Wildman–Crippen LogP) is 2.17. The number of aromatic carboxylic acids is 1. The lowest BCUT2D eigenvalue weighted by atomic mass is 10.0. The minimum Gasteiger partial charge on any atom is -0.478 e. The lowest BCUT2D eigenvalue weighted by Gasteiger charge is -2.04. The molecule has 0 aromatic heterocycles. The number of carbonyl (C=O) groups is 1. The molecule has 15 heavy (non-hydrogen) atoms. The highest BCUT2D eigenvalue weighted by atomic mass is 16.4. The van der Waals surface area contributed by atoms with Gasteiger partial charge in [-0.05, 0) is 24.6 Å². The number of hydrogen-bond donors (Lipinski definition) is 2. The Morgan fingerprint density at radius 3 is 2.40 bits per heavy atom. The Labute approximate surface area is 89.0 Å². The van der Waals surface area contributed by atoms with E-state index in [0.29, 0.717) is 11.1 Å². The van der Waals surface area contributed by atoms with Gasteiger partial charge in [0.15, 0.2) is 0 Å². The highest BCUT2D eigenvalue weighted by Gasteiger charge is 2.10. The maximum absolute atomic E-state index is 10.7. The van der Waals surface area contributed by atoms with E-state index in [9.17, 15) is 4.79 Å². The van der Waals surface area contributed by atoms with Gasteiger partial charge >= 0.3 is 5.97 Å². The molecule has 0 amide bonds. The van der Waals surface area contributed by atoms with E-state index in [0.717, 1.165) is 0 Å². The van der Waals surface area contributed by atoms with E-state index in [-0.39, 0.29) is 11.3 Å². The molecule has 1 rings (SSSR count). The Morgan fingerprint density at radius 2 is 2.00 bits per heavy atom. The summed E-state index contributed by atoms with van der Waals surface area (Å²) in [6.07, 6.45) is 0. The molecule has 0 bridgehead atoms. The van der Waals surface area contributed by atoms with Crippen molar-refractivity contribution in [3.63, 3.8) is 0 Å². The molecule has 0 aliphatic carbocycles. The number of nitrogens with zero attached hydrogens (tertiary/aromatic N) is 1. The van der Waals surface area contributed by atoms with Gasteiger partial charge < -0.3 is 10.8 Å². The van der Waals surface area contributed by atoms with Crippen LogP contribution in [-0.2, 0) is 0 Å². The third kappa shape index (κ3) is 2.99. The van der Waals surface area contributed by atoms with Crippen LogP contribution in [0.15, 0.2) is 12.1 Å². The average molecular weight is 206 g/mol. The summed E-state index contributed by atoms with van der Waals surface area (Å²) in [4.78, 5) is 10.7. The van der Waals surface area contributed by atoms with Gasteiger partial charge in [0.1, 0.15) is 0 Å². The number of nitrogens with two attached hydrogens (primary N) is 1. The summed E-state index contributed by atoms with van der Waals surface area (Å²) in [5, 5.41) is 17.3. The van der Waals surface area contributed by atoms with Crippen molar-refractivity contribution in [1.82, 2.24) is 0 Å². The molecule has 0 aliphatic heterocycles. The Bertz CT molecular complexity index is 406. The molecule has 1 aromatic rings.